The van der Waals surface area contributed by atoms with Gasteiger partial charge < -0.3 is 15.2 Å². The topological polar surface area (TPSA) is 102 Å². The number of methoxy groups -OCH3 is 1. The lowest BCUT2D eigenvalue weighted by Gasteiger charge is -2.14. The third kappa shape index (κ3) is 3.49. The molecular formula is C14H18N2O5. The minimum absolute atomic E-state index is 0.0231. The monoisotopic (exact) mass is 294 g/mol. The van der Waals surface area contributed by atoms with Gasteiger partial charge in [0.05, 0.1) is 12.0 Å². The first-order valence-electron chi connectivity index (χ1n) is 6.73. The average molecular weight is 294 g/mol. The first kappa shape index (κ1) is 15.2. The number of rotatable bonds is 7. The zero-order chi connectivity index (χ0) is 15.5. The van der Waals surface area contributed by atoms with Crippen molar-refractivity contribution in [2.24, 2.45) is 5.41 Å². The predicted octanol–water partition coefficient (Wildman–Crippen LogP) is 1.50. The lowest BCUT2D eigenvalue weighted by atomic mass is 10.0. The highest BCUT2D eigenvalue weighted by atomic mass is 16.6. The first-order chi connectivity index (χ1) is 10.0. The van der Waals surface area contributed by atoms with Gasteiger partial charge in [-0.05, 0) is 30.7 Å². The molecule has 0 aliphatic heterocycles. The van der Waals surface area contributed by atoms with E-state index in [9.17, 15) is 14.9 Å². The van der Waals surface area contributed by atoms with Crippen LogP contribution in [0, 0.1) is 15.5 Å². The minimum atomic E-state index is -0.555. The molecule has 2 N–H and O–H groups in total. The van der Waals surface area contributed by atoms with Gasteiger partial charge in [-0.25, -0.2) is 0 Å². The van der Waals surface area contributed by atoms with Crippen molar-refractivity contribution in [2.45, 2.75) is 19.3 Å². The van der Waals surface area contributed by atoms with Gasteiger partial charge in [0, 0.05) is 30.8 Å². The number of hydrogen-bond acceptors (Lipinski definition) is 5. The third-order valence-corrected chi connectivity index (χ3v) is 3.86. The largest absolute Gasteiger partial charge is 0.490 e. The fourth-order valence-electron chi connectivity index (χ4n) is 2.27. The molecule has 1 aliphatic rings. The first-order valence-corrected chi connectivity index (χ1v) is 6.73. The van der Waals surface area contributed by atoms with E-state index in [0.29, 0.717) is 18.5 Å². The van der Waals surface area contributed by atoms with Gasteiger partial charge in [-0.2, -0.15) is 0 Å². The minimum Gasteiger partial charge on any atom is -0.490 e. The van der Waals surface area contributed by atoms with Gasteiger partial charge in [-0.3, -0.25) is 14.9 Å². The molecule has 0 unspecified atom stereocenters. The lowest BCUT2D eigenvalue weighted by Crippen LogP contribution is -2.30. The standard InChI is InChI=1S/C14H18N2O5/c1-21-12-8-10(2-3-11(12)16(19)20)13(18)15-9-14(4-5-14)6-7-17/h2-3,8,17H,4-7,9H2,1H3,(H,15,18). The number of nitro groups is 1. The van der Waals surface area contributed by atoms with Crippen LogP contribution >= 0.6 is 0 Å². The van der Waals surface area contributed by atoms with Crippen molar-refractivity contribution in [1.29, 1.82) is 0 Å². The van der Waals surface area contributed by atoms with E-state index in [1.165, 1.54) is 25.3 Å². The van der Waals surface area contributed by atoms with Crippen LogP contribution in [0.15, 0.2) is 18.2 Å². The van der Waals surface area contributed by atoms with E-state index >= 15 is 0 Å². The molecule has 1 amide bonds. The second-order valence-electron chi connectivity index (χ2n) is 5.30. The molecule has 114 valence electrons. The van der Waals surface area contributed by atoms with Gasteiger partial charge in [0.1, 0.15) is 0 Å². The number of carbonyl (C=O) groups is 1. The summed E-state index contributed by atoms with van der Waals surface area (Å²) in [5.41, 5.74) is 0.167. The number of nitrogens with zero attached hydrogens (tertiary/aromatic N) is 1. The van der Waals surface area contributed by atoms with Crippen molar-refractivity contribution in [1.82, 2.24) is 5.32 Å². The summed E-state index contributed by atoms with van der Waals surface area (Å²) in [6, 6.07) is 4.02. The van der Waals surface area contributed by atoms with E-state index in [1.54, 1.807) is 0 Å². The Labute approximate surface area is 122 Å². The summed E-state index contributed by atoms with van der Waals surface area (Å²) in [7, 11) is 1.32. The van der Waals surface area contributed by atoms with Crippen molar-refractivity contribution in [3.63, 3.8) is 0 Å². The number of nitro benzene ring substituents is 1. The normalized spacial score (nSPS) is 15.3. The molecule has 0 atom stereocenters. The zero-order valence-electron chi connectivity index (χ0n) is 11.8. The summed E-state index contributed by atoms with van der Waals surface area (Å²) >= 11 is 0. The Hall–Kier alpha value is -2.15. The molecule has 0 saturated heterocycles. The Morgan fingerprint density at radius 1 is 1.52 bits per heavy atom. The molecule has 1 aromatic carbocycles. The highest BCUT2D eigenvalue weighted by Gasteiger charge is 2.41. The van der Waals surface area contributed by atoms with Gasteiger partial charge in [0.2, 0.25) is 0 Å². The smallest absolute Gasteiger partial charge is 0.310 e. The van der Waals surface area contributed by atoms with Crippen LogP contribution in [0.25, 0.3) is 0 Å². The fourth-order valence-corrected chi connectivity index (χ4v) is 2.27. The number of carbonyl (C=O) groups excluding carboxylic acids is 1. The van der Waals surface area contributed by atoms with E-state index in [4.69, 9.17) is 9.84 Å². The van der Waals surface area contributed by atoms with Crippen LogP contribution in [-0.2, 0) is 0 Å². The van der Waals surface area contributed by atoms with E-state index in [-0.39, 0.29) is 29.4 Å². The van der Waals surface area contributed by atoms with Crippen LogP contribution in [0.5, 0.6) is 5.75 Å². The van der Waals surface area contributed by atoms with Crippen molar-refractivity contribution in [2.75, 3.05) is 20.3 Å². The maximum absolute atomic E-state index is 12.1. The van der Waals surface area contributed by atoms with Gasteiger partial charge in [0.25, 0.3) is 5.91 Å². The number of hydrogen-bond donors (Lipinski definition) is 2. The fraction of sp³-hybridized carbons (Fsp3) is 0.500. The van der Waals surface area contributed by atoms with E-state index in [1.807, 2.05) is 0 Å². The summed E-state index contributed by atoms with van der Waals surface area (Å²) in [4.78, 5) is 22.3. The van der Waals surface area contributed by atoms with E-state index in [0.717, 1.165) is 12.8 Å². The van der Waals surface area contributed by atoms with Crippen molar-refractivity contribution in [3.05, 3.63) is 33.9 Å². The number of aliphatic hydroxyl groups is 1. The van der Waals surface area contributed by atoms with Crippen LogP contribution < -0.4 is 10.1 Å². The number of aliphatic hydroxyl groups excluding tert-OH is 1. The molecule has 0 spiro atoms. The van der Waals surface area contributed by atoms with Gasteiger partial charge >= 0.3 is 5.69 Å². The molecule has 2 rings (SSSR count). The van der Waals surface area contributed by atoms with Crippen LogP contribution in [0.4, 0.5) is 5.69 Å². The quantitative estimate of drug-likeness (QED) is 0.586. The second kappa shape index (κ2) is 6.09. The highest BCUT2D eigenvalue weighted by molar-refractivity contribution is 5.95. The highest BCUT2D eigenvalue weighted by Crippen LogP contribution is 2.47. The molecule has 7 nitrogen and oxygen atoms in total. The third-order valence-electron chi connectivity index (χ3n) is 3.86. The van der Waals surface area contributed by atoms with Crippen molar-refractivity contribution in [3.8, 4) is 5.75 Å². The molecule has 0 aromatic heterocycles. The zero-order valence-corrected chi connectivity index (χ0v) is 11.8. The van der Waals surface area contributed by atoms with Crippen molar-refractivity contribution >= 4 is 11.6 Å². The van der Waals surface area contributed by atoms with Gasteiger partial charge in [-0.1, -0.05) is 0 Å². The molecule has 1 aliphatic carbocycles. The van der Waals surface area contributed by atoms with Gasteiger partial charge in [-0.15, -0.1) is 0 Å². The Morgan fingerprint density at radius 2 is 2.24 bits per heavy atom. The summed E-state index contributed by atoms with van der Waals surface area (Å²) in [6.45, 7) is 0.618. The average Bonchev–Trinajstić information content (AvgIpc) is 3.24. The van der Waals surface area contributed by atoms with Crippen LogP contribution in [0.1, 0.15) is 29.6 Å². The molecule has 0 heterocycles. The molecule has 7 heteroatoms. The number of ether oxygens (including phenoxy) is 1. The molecule has 0 radical (unpaired) electrons. The molecule has 1 aromatic rings. The molecule has 1 fully saturated rings. The number of amides is 1. The summed E-state index contributed by atoms with van der Waals surface area (Å²) in [5.74, 6) is -0.239. The Kier molecular flexibility index (Phi) is 4.42. The summed E-state index contributed by atoms with van der Waals surface area (Å²) < 4.78 is 4.94. The molecule has 0 bridgehead atoms. The van der Waals surface area contributed by atoms with Crippen LogP contribution in [0.2, 0.25) is 0 Å². The predicted molar refractivity (Wildman–Crippen MR) is 75.4 cm³/mol. The molecule has 21 heavy (non-hydrogen) atoms. The summed E-state index contributed by atoms with van der Waals surface area (Å²) in [6.07, 6.45) is 2.67. The molecule has 1 saturated carbocycles. The van der Waals surface area contributed by atoms with Crippen LogP contribution in [0.3, 0.4) is 0 Å². The number of nitrogens with one attached hydrogen (secondary N) is 1. The Bertz CT molecular complexity index is 554. The lowest BCUT2D eigenvalue weighted by molar-refractivity contribution is -0.385. The molecular weight excluding hydrogens is 276 g/mol. The maximum Gasteiger partial charge on any atom is 0.310 e. The van der Waals surface area contributed by atoms with Crippen LogP contribution in [-0.4, -0.2) is 36.2 Å². The second-order valence-corrected chi connectivity index (χ2v) is 5.30. The van der Waals surface area contributed by atoms with E-state index < -0.39 is 4.92 Å². The summed E-state index contributed by atoms with van der Waals surface area (Å²) in [5, 5.41) is 22.6. The van der Waals surface area contributed by atoms with Crippen molar-refractivity contribution < 1.29 is 19.6 Å². The van der Waals surface area contributed by atoms with Gasteiger partial charge in [0.15, 0.2) is 5.75 Å². The SMILES string of the molecule is COc1cc(C(=O)NCC2(CCO)CC2)ccc1[N+](=O)[O-]. The maximum atomic E-state index is 12.1. The Balaban J connectivity index is 2.04. The number of benzene rings is 1. The van der Waals surface area contributed by atoms with E-state index in [2.05, 4.69) is 5.32 Å². The Morgan fingerprint density at radius 3 is 2.76 bits per heavy atom.